The van der Waals surface area contributed by atoms with Gasteiger partial charge in [-0.15, -0.1) is 5.10 Å². The van der Waals surface area contributed by atoms with Crippen LogP contribution in [0.2, 0.25) is 0 Å². The molecule has 1 aromatic rings. The number of aldehydes is 1. The predicted octanol–water partition coefficient (Wildman–Crippen LogP) is 2.80. The number of alkyl halides is 3. The number of hydrogen-bond donors (Lipinski definition) is 0. The minimum Gasteiger partial charge on any atom is -0.296 e. The van der Waals surface area contributed by atoms with Gasteiger partial charge in [0.25, 0.3) is 0 Å². The molecule has 0 aliphatic carbocycles. The van der Waals surface area contributed by atoms with E-state index in [4.69, 9.17) is 0 Å². The zero-order chi connectivity index (χ0) is 13.9. The highest BCUT2D eigenvalue weighted by molar-refractivity contribution is 5.73. The second-order valence-electron chi connectivity index (χ2n) is 4.63. The Balaban J connectivity index is 3.05. The van der Waals surface area contributed by atoms with Crippen molar-refractivity contribution in [3.8, 4) is 0 Å². The van der Waals surface area contributed by atoms with Crippen LogP contribution in [0, 0.1) is 5.92 Å². The van der Waals surface area contributed by atoms with Gasteiger partial charge < -0.3 is 0 Å². The van der Waals surface area contributed by atoms with Gasteiger partial charge in [0.1, 0.15) is 11.7 Å². The molecule has 1 atom stereocenters. The van der Waals surface area contributed by atoms with Gasteiger partial charge in [-0.2, -0.15) is 13.2 Å². The fourth-order valence-electron chi connectivity index (χ4n) is 1.53. The number of carbonyl (C=O) groups is 1. The molecule has 18 heavy (non-hydrogen) atoms. The Hall–Kier alpha value is -1.40. The molecule has 0 amide bonds. The number of hydrogen-bond acceptors (Lipinski definition) is 3. The fourth-order valence-corrected chi connectivity index (χ4v) is 1.53. The molecule has 0 fully saturated rings. The monoisotopic (exact) mass is 263 g/mol. The molecule has 1 aromatic heterocycles. The van der Waals surface area contributed by atoms with E-state index >= 15 is 0 Å². The quantitative estimate of drug-likeness (QED) is 0.767. The second-order valence-corrected chi connectivity index (χ2v) is 4.63. The van der Waals surface area contributed by atoms with E-state index in [2.05, 4.69) is 10.3 Å². The van der Waals surface area contributed by atoms with Crippen molar-refractivity contribution in [2.45, 2.75) is 45.8 Å². The summed E-state index contributed by atoms with van der Waals surface area (Å²) in [4.78, 5) is 10.8. The van der Waals surface area contributed by atoms with E-state index in [1.807, 2.05) is 13.8 Å². The van der Waals surface area contributed by atoms with Crippen molar-refractivity contribution >= 4 is 6.29 Å². The third-order valence-electron chi connectivity index (χ3n) is 2.73. The maximum Gasteiger partial charge on any atom is 0.410 e. The second kappa shape index (κ2) is 5.49. The van der Waals surface area contributed by atoms with E-state index in [0.717, 1.165) is 11.6 Å². The molecule has 0 N–H and O–H groups in total. The summed E-state index contributed by atoms with van der Waals surface area (Å²) >= 11 is 0. The summed E-state index contributed by atoms with van der Waals surface area (Å²) in [7, 11) is 0. The van der Waals surface area contributed by atoms with Gasteiger partial charge in [-0.1, -0.05) is 19.1 Å². The van der Waals surface area contributed by atoms with Crippen LogP contribution in [0.25, 0.3) is 0 Å². The standard InChI is InChI=1S/C11H16F3N3O/c1-7(2)4-5-10-9(6-18)15-16-17(10)8(3)11(12,13)14/h6-8H,4-5H2,1-3H3. The first-order valence-electron chi connectivity index (χ1n) is 5.73. The Morgan fingerprint density at radius 1 is 1.33 bits per heavy atom. The predicted molar refractivity (Wildman–Crippen MR) is 59.3 cm³/mol. The van der Waals surface area contributed by atoms with Crippen LogP contribution in [0.5, 0.6) is 0 Å². The maximum atomic E-state index is 12.6. The fraction of sp³-hybridized carbons (Fsp3) is 0.727. The Kier molecular flexibility index (Phi) is 4.48. The van der Waals surface area contributed by atoms with Gasteiger partial charge in [0.2, 0.25) is 0 Å². The molecular weight excluding hydrogens is 247 g/mol. The average Bonchev–Trinajstić information content (AvgIpc) is 2.66. The number of rotatable bonds is 5. The third-order valence-corrected chi connectivity index (χ3v) is 2.73. The topological polar surface area (TPSA) is 47.8 Å². The molecule has 1 heterocycles. The minimum absolute atomic E-state index is 0.00764. The highest BCUT2D eigenvalue weighted by atomic mass is 19.4. The summed E-state index contributed by atoms with van der Waals surface area (Å²) in [6.07, 6.45) is -2.92. The van der Waals surface area contributed by atoms with Crippen LogP contribution in [-0.2, 0) is 6.42 Å². The lowest BCUT2D eigenvalue weighted by Crippen LogP contribution is -2.26. The van der Waals surface area contributed by atoms with Crippen LogP contribution < -0.4 is 0 Å². The largest absolute Gasteiger partial charge is 0.410 e. The van der Waals surface area contributed by atoms with Crippen LogP contribution in [0.1, 0.15) is 49.4 Å². The SMILES string of the molecule is CC(C)CCc1c(C=O)nnn1C(C)C(F)(F)F. The number of halogens is 3. The van der Waals surface area contributed by atoms with E-state index in [-0.39, 0.29) is 11.4 Å². The van der Waals surface area contributed by atoms with E-state index in [1.165, 1.54) is 0 Å². The molecule has 1 unspecified atom stereocenters. The van der Waals surface area contributed by atoms with Crippen LogP contribution in [0.4, 0.5) is 13.2 Å². The van der Waals surface area contributed by atoms with Crippen LogP contribution in [0.15, 0.2) is 0 Å². The summed E-state index contributed by atoms with van der Waals surface area (Å²) in [5.41, 5.74) is 0.246. The number of aromatic nitrogens is 3. The highest BCUT2D eigenvalue weighted by Gasteiger charge is 2.39. The molecule has 0 radical (unpaired) electrons. The Morgan fingerprint density at radius 2 is 1.94 bits per heavy atom. The zero-order valence-corrected chi connectivity index (χ0v) is 10.5. The molecule has 0 aliphatic heterocycles. The van der Waals surface area contributed by atoms with Crippen LogP contribution in [-0.4, -0.2) is 27.5 Å². The normalized spacial score (nSPS) is 13.9. The van der Waals surface area contributed by atoms with Gasteiger partial charge in [0, 0.05) is 0 Å². The summed E-state index contributed by atoms with van der Waals surface area (Å²) in [6.45, 7) is 4.92. The Morgan fingerprint density at radius 3 is 2.39 bits per heavy atom. The first-order valence-corrected chi connectivity index (χ1v) is 5.73. The molecule has 0 bridgehead atoms. The van der Waals surface area contributed by atoms with Crippen molar-refractivity contribution < 1.29 is 18.0 Å². The van der Waals surface area contributed by atoms with Crippen molar-refractivity contribution in [3.05, 3.63) is 11.4 Å². The van der Waals surface area contributed by atoms with Gasteiger partial charge in [0.15, 0.2) is 6.29 Å². The zero-order valence-electron chi connectivity index (χ0n) is 10.5. The van der Waals surface area contributed by atoms with Crippen LogP contribution in [0.3, 0.4) is 0 Å². The average molecular weight is 263 g/mol. The maximum absolute atomic E-state index is 12.6. The van der Waals surface area contributed by atoms with Gasteiger partial charge in [0.05, 0.1) is 5.69 Å². The Bertz CT molecular complexity index is 412. The molecule has 0 saturated carbocycles. The van der Waals surface area contributed by atoms with Crippen molar-refractivity contribution in [1.29, 1.82) is 0 Å². The van der Waals surface area contributed by atoms with Gasteiger partial charge >= 0.3 is 6.18 Å². The smallest absolute Gasteiger partial charge is 0.296 e. The van der Waals surface area contributed by atoms with E-state index in [0.29, 0.717) is 25.0 Å². The van der Waals surface area contributed by atoms with Gasteiger partial charge in [-0.3, -0.25) is 4.79 Å². The summed E-state index contributed by atoms with van der Waals surface area (Å²) in [5, 5.41) is 6.94. The van der Waals surface area contributed by atoms with Gasteiger partial charge in [-0.25, -0.2) is 4.68 Å². The van der Waals surface area contributed by atoms with Crippen molar-refractivity contribution in [1.82, 2.24) is 15.0 Å². The molecule has 4 nitrogen and oxygen atoms in total. The summed E-state index contributed by atoms with van der Waals surface area (Å²) in [5.74, 6) is 0.328. The minimum atomic E-state index is -4.40. The lowest BCUT2D eigenvalue weighted by atomic mass is 10.1. The molecule has 0 aliphatic rings. The van der Waals surface area contributed by atoms with Crippen LogP contribution >= 0.6 is 0 Å². The van der Waals surface area contributed by atoms with Gasteiger partial charge in [-0.05, 0) is 25.7 Å². The first kappa shape index (κ1) is 14.7. The Labute approximate surface area is 103 Å². The van der Waals surface area contributed by atoms with E-state index in [9.17, 15) is 18.0 Å². The molecule has 0 aromatic carbocycles. The summed E-state index contributed by atoms with van der Waals surface area (Å²) < 4.78 is 38.7. The molecule has 1 rings (SSSR count). The molecule has 7 heteroatoms. The van der Waals surface area contributed by atoms with Crippen molar-refractivity contribution in [3.63, 3.8) is 0 Å². The lowest BCUT2D eigenvalue weighted by molar-refractivity contribution is -0.166. The van der Waals surface area contributed by atoms with Crippen molar-refractivity contribution in [2.75, 3.05) is 0 Å². The lowest BCUT2D eigenvalue weighted by Gasteiger charge is -2.18. The molecular formula is C11H16F3N3O. The third kappa shape index (κ3) is 3.30. The number of carbonyl (C=O) groups excluding carboxylic acids is 1. The molecule has 0 spiro atoms. The first-order chi connectivity index (χ1) is 8.27. The molecule has 102 valence electrons. The summed E-state index contributed by atoms with van der Waals surface area (Å²) in [6, 6.07) is -1.78. The highest BCUT2D eigenvalue weighted by Crippen LogP contribution is 2.31. The van der Waals surface area contributed by atoms with Crippen molar-refractivity contribution in [2.24, 2.45) is 5.92 Å². The van der Waals surface area contributed by atoms with E-state index in [1.54, 1.807) is 0 Å². The van der Waals surface area contributed by atoms with E-state index < -0.39 is 12.2 Å². The molecule has 0 saturated heterocycles. The number of nitrogens with zero attached hydrogens (tertiary/aromatic N) is 3.